The molecule has 1 aliphatic carbocycles. The maximum atomic E-state index is 5.78. The van der Waals surface area contributed by atoms with Crippen LogP contribution in [0.25, 0.3) is 0 Å². The van der Waals surface area contributed by atoms with Crippen LogP contribution < -0.4 is 11.3 Å². The minimum Gasteiger partial charge on any atom is -0.501 e. The number of rotatable bonds is 4. The lowest BCUT2D eigenvalue weighted by atomic mass is 9.73. The van der Waals surface area contributed by atoms with Crippen molar-refractivity contribution >= 4 is 0 Å². The average Bonchev–Trinajstić information content (AvgIpc) is 2.41. The molecule has 3 heteroatoms. The monoisotopic (exact) mass is 252 g/mol. The van der Waals surface area contributed by atoms with Gasteiger partial charge in [-0.15, -0.1) is 0 Å². The summed E-state index contributed by atoms with van der Waals surface area (Å²) >= 11 is 0. The summed E-state index contributed by atoms with van der Waals surface area (Å²) in [6.45, 7) is 5.56. The van der Waals surface area contributed by atoms with Crippen LogP contribution in [0.1, 0.15) is 52.4 Å². The van der Waals surface area contributed by atoms with Gasteiger partial charge in [0.25, 0.3) is 0 Å². The number of nitrogens with one attached hydrogen (secondary N) is 1. The first-order valence-electron chi connectivity index (χ1n) is 7.49. The van der Waals surface area contributed by atoms with E-state index in [1.165, 1.54) is 31.3 Å². The third-order valence-electron chi connectivity index (χ3n) is 4.77. The first-order chi connectivity index (χ1) is 8.72. The highest BCUT2D eigenvalue weighted by atomic mass is 16.5. The molecule has 0 saturated heterocycles. The van der Waals surface area contributed by atoms with Crippen LogP contribution in [0, 0.1) is 17.8 Å². The van der Waals surface area contributed by atoms with Gasteiger partial charge < -0.3 is 4.74 Å². The largest absolute Gasteiger partial charge is 0.501 e. The molecule has 1 saturated carbocycles. The zero-order valence-corrected chi connectivity index (χ0v) is 11.8. The van der Waals surface area contributed by atoms with Gasteiger partial charge in [-0.1, -0.05) is 13.8 Å². The normalized spacial score (nSPS) is 30.8. The molecule has 0 aromatic heterocycles. The second-order valence-corrected chi connectivity index (χ2v) is 6.23. The standard InChI is InChI=1S/C15H28N2O/c1-11(2)12-5-7-13(8-6-12)15(17-16)14-4-3-9-18-10-14/h10-13,15,17H,3-9,16H2,1-2H3. The second-order valence-electron chi connectivity index (χ2n) is 6.23. The van der Waals surface area contributed by atoms with Gasteiger partial charge in [-0.05, 0) is 61.9 Å². The molecule has 0 bridgehead atoms. The van der Waals surface area contributed by atoms with E-state index in [9.17, 15) is 0 Å². The number of nitrogens with two attached hydrogens (primary N) is 1. The summed E-state index contributed by atoms with van der Waals surface area (Å²) in [5.74, 6) is 8.21. The molecule has 3 N–H and O–H groups in total. The molecule has 1 atom stereocenters. The summed E-state index contributed by atoms with van der Waals surface area (Å²) in [6, 6.07) is 0.332. The van der Waals surface area contributed by atoms with Crippen molar-refractivity contribution in [1.29, 1.82) is 0 Å². The van der Waals surface area contributed by atoms with Crippen molar-refractivity contribution < 1.29 is 4.74 Å². The van der Waals surface area contributed by atoms with Gasteiger partial charge in [-0.3, -0.25) is 11.3 Å². The Hall–Kier alpha value is -0.540. The summed E-state index contributed by atoms with van der Waals surface area (Å²) in [7, 11) is 0. The molecule has 1 aliphatic heterocycles. The summed E-state index contributed by atoms with van der Waals surface area (Å²) in [6.07, 6.45) is 9.53. The van der Waals surface area contributed by atoms with Gasteiger partial charge in [0.05, 0.1) is 12.9 Å². The fourth-order valence-corrected chi connectivity index (χ4v) is 3.50. The van der Waals surface area contributed by atoms with Crippen molar-refractivity contribution in [3.05, 3.63) is 11.8 Å². The molecule has 0 amide bonds. The van der Waals surface area contributed by atoms with E-state index in [1.54, 1.807) is 0 Å². The Morgan fingerprint density at radius 1 is 1.22 bits per heavy atom. The van der Waals surface area contributed by atoms with Crippen LogP contribution in [-0.2, 0) is 4.74 Å². The van der Waals surface area contributed by atoms with E-state index in [0.717, 1.165) is 31.3 Å². The molecule has 104 valence electrons. The molecule has 0 radical (unpaired) electrons. The molecule has 18 heavy (non-hydrogen) atoms. The first kappa shape index (κ1) is 13.9. The van der Waals surface area contributed by atoms with Crippen molar-refractivity contribution in [2.24, 2.45) is 23.6 Å². The average molecular weight is 252 g/mol. The van der Waals surface area contributed by atoms with Gasteiger partial charge in [0.2, 0.25) is 0 Å². The highest BCUT2D eigenvalue weighted by molar-refractivity contribution is 5.12. The number of hydrogen-bond donors (Lipinski definition) is 2. The van der Waals surface area contributed by atoms with Crippen LogP contribution in [0.5, 0.6) is 0 Å². The quantitative estimate of drug-likeness (QED) is 0.597. The SMILES string of the molecule is CC(C)C1CCC(C(NN)C2=COCCC2)CC1. The topological polar surface area (TPSA) is 47.3 Å². The van der Waals surface area contributed by atoms with Crippen molar-refractivity contribution in [3.8, 4) is 0 Å². The molecule has 2 aliphatic rings. The lowest BCUT2D eigenvalue weighted by Gasteiger charge is -2.36. The molecule has 1 unspecified atom stereocenters. The van der Waals surface area contributed by atoms with Crippen LogP contribution in [0.3, 0.4) is 0 Å². The summed E-state index contributed by atoms with van der Waals surface area (Å²) in [4.78, 5) is 0. The van der Waals surface area contributed by atoms with Crippen LogP contribution in [-0.4, -0.2) is 12.6 Å². The van der Waals surface area contributed by atoms with Crippen molar-refractivity contribution in [2.45, 2.75) is 58.4 Å². The summed E-state index contributed by atoms with van der Waals surface area (Å²) in [5, 5.41) is 0. The molecule has 1 fully saturated rings. The Balaban J connectivity index is 1.91. The Kier molecular flexibility index (Phi) is 5.07. The van der Waals surface area contributed by atoms with Gasteiger partial charge in [0.15, 0.2) is 0 Å². The molecule has 1 heterocycles. The minimum absolute atomic E-state index is 0.332. The van der Waals surface area contributed by atoms with Crippen LogP contribution in [0.4, 0.5) is 0 Å². The fraction of sp³-hybridized carbons (Fsp3) is 0.867. The van der Waals surface area contributed by atoms with E-state index >= 15 is 0 Å². The zero-order chi connectivity index (χ0) is 13.0. The van der Waals surface area contributed by atoms with E-state index in [0.29, 0.717) is 12.0 Å². The second kappa shape index (κ2) is 6.58. The Bertz CT molecular complexity index is 280. The maximum absolute atomic E-state index is 5.78. The van der Waals surface area contributed by atoms with Gasteiger partial charge in [-0.25, -0.2) is 0 Å². The third-order valence-corrected chi connectivity index (χ3v) is 4.77. The van der Waals surface area contributed by atoms with E-state index in [2.05, 4.69) is 19.3 Å². The molecule has 0 aromatic carbocycles. The fourth-order valence-electron chi connectivity index (χ4n) is 3.50. The number of ether oxygens (including phenoxy) is 1. The minimum atomic E-state index is 0.332. The van der Waals surface area contributed by atoms with Crippen molar-refractivity contribution in [2.75, 3.05) is 6.61 Å². The Morgan fingerprint density at radius 3 is 2.39 bits per heavy atom. The number of hydrazine groups is 1. The van der Waals surface area contributed by atoms with E-state index in [-0.39, 0.29) is 0 Å². The summed E-state index contributed by atoms with van der Waals surface area (Å²) in [5.41, 5.74) is 4.41. The van der Waals surface area contributed by atoms with Crippen LogP contribution >= 0.6 is 0 Å². The van der Waals surface area contributed by atoms with E-state index in [4.69, 9.17) is 10.6 Å². The van der Waals surface area contributed by atoms with Crippen LogP contribution in [0.15, 0.2) is 11.8 Å². The lowest BCUT2D eigenvalue weighted by Crippen LogP contribution is -2.44. The van der Waals surface area contributed by atoms with Crippen molar-refractivity contribution in [1.82, 2.24) is 5.43 Å². The molecular formula is C15H28N2O. The third kappa shape index (κ3) is 3.27. The molecular weight excluding hydrogens is 224 g/mol. The smallest absolute Gasteiger partial charge is 0.0876 e. The van der Waals surface area contributed by atoms with E-state index < -0.39 is 0 Å². The Labute approximate surface area is 111 Å². The molecule has 3 nitrogen and oxygen atoms in total. The summed E-state index contributed by atoms with van der Waals surface area (Å²) < 4.78 is 5.46. The predicted molar refractivity (Wildman–Crippen MR) is 74.7 cm³/mol. The van der Waals surface area contributed by atoms with Gasteiger partial charge in [0.1, 0.15) is 0 Å². The lowest BCUT2D eigenvalue weighted by molar-refractivity contribution is 0.181. The maximum Gasteiger partial charge on any atom is 0.0876 e. The zero-order valence-electron chi connectivity index (χ0n) is 11.8. The molecule has 0 aromatic rings. The highest BCUT2D eigenvalue weighted by Crippen LogP contribution is 2.37. The predicted octanol–water partition coefficient (Wildman–Crippen LogP) is 2.98. The van der Waals surface area contributed by atoms with Gasteiger partial charge in [0, 0.05) is 6.04 Å². The van der Waals surface area contributed by atoms with E-state index in [1.807, 2.05) is 6.26 Å². The molecule has 0 spiro atoms. The number of hydrogen-bond acceptors (Lipinski definition) is 3. The highest BCUT2D eigenvalue weighted by Gasteiger charge is 2.30. The van der Waals surface area contributed by atoms with Gasteiger partial charge in [-0.2, -0.15) is 0 Å². The Morgan fingerprint density at radius 2 is 1.89 bits per heavy atom. The van der Waals surface area contributed by atoms with Crippen LogP contribution in [0.2, 0.25) is 0 Å². The van der Waals surface area contributed by atoms with Gasteiger partial charge >= 0.3 is 0 Å². The first-order valence-corrected chi connectivity index (χ1v) is 7.49. The van der Waals surface area contributed by atoms with Crippen molar-refractivity contribution in [3.63, 3.8) is 0 Å². The molecule has 2 rings (SSSR count).